The number of methoxy groups -OCH3 is 2. The van der Waals surface area contributed by atoms with Crippen molar-refractivity contribution in [3.05, 3.63) is 58.5 Å². The predicted octanol–water partition coefficient (Wildman–Crippen LogP) is 4.69. The molecule has 0 aliphatic carbocycles. The van der Waals surface area contributed by atoms with E-state index in [-0.39, 0.29) is 42.2 Å². The van der Waals surface area contributed by atoms with Crippen molar-refractivity contribution in [1.29, 1.82) is 0 Å². The number of aromatic nitrogens is 5. The molecule has 0 aliphatic rings. The third-order valence-electron chi connectivity index (χ3n) is 5.88. The Morgan fingerprint density at radius 2 is 1.95 bits per heavy atom. The molecule has 12 heteroatoms. The lowest BCUT2D eigenvalue weighted by molar-refractivity contribution is 0.0291. The molecule has 0 fully saturated rings. The highest BCUT2D eigenvalue weighted by atomic mass is 35.5. The number of hydrogen-bond acceptors (Lipinski definition) is 8. The summed E-state index contributed by atoms with van der Waals surface area (Å²) in [6, 6.07) is 6.69. The fourth-order valence-electron chi connectivity index (χ4n) is 4.12. The number of rotatable bonds is 12. The molecule has 39 heavy (non-hydrogen) atoms. The number of nitrogens with zero attached hydrogens (tertiary/aromatic N) is 5. The van der Waals surface area contributed by atoms with Crippen LogP contribution in [-0.2, 0) is 16.2 Å². The number of amides is 1. The van der Waals surface area contributed by atoms with Gasteiger partial charge >= 0.3 is 0 Å². The minimum absolute atomic E-state index is 0.105. The average molecular weight is 555 g/mol. The Morgan fingerprint density at radius 3 is 2.64 bits per heavy atom. The van der Waals surface area contributed by atoms with Crippen LogP contribution in [0.4, 0.5) is 5.69 Å². The van der Waals surface area contributed by atoms with E-state index < -0.39 is 5.91 Å². The Labute approximate surface area is 231 Å². The molecule has 0 saturated heterocycles. The van der Waals surface area contributed by atoms with Crippen molar-refractivity contribution < 1.29 is 23.8 Å². The van der Waals surface area contributed by atoms with E-state index in [2.05, 4.69) is 20.5 Å². The molecule has 4 rings (SSSR count). The van der Waals surface area contributed by atoms with Crippen LogP contribution >= 0.6 is 11.6 Å². The number of ether oxygens (including phenoxy) is 3. The van der Waals surface area contributed by atoms with Gasteiger partial charge in [-0.15, -0.1) is 5.10 Å². The summed E-state index contributed by atoms with van der Waals surface area (Å²) >= 11 is 6.34. The third-order valence-corrected chi connectivity index (χ3v) is 6.17. The van der Waals surface area contributed by atoms with Crippen LogP contribution in [0.25, 0.3) is 16.7 Å². The number of nitrogens with one attached hydrogen (secondary N) is 1. The number of carbonyl (C=O) groups excluding carboxylic acids is 2. The Bertz CT molecular complexity index is 1500. The predicted molar refractivity (Wildman–Crippen MR) is 147 cm³/mol. The quantitative estimate of drug-likeness (QED) is 0.198. The smallest absolute Gasteiger partial charge is 0.274 e. The molecule has 3 aromatic heterocycles. The van der Waals surface area contributed by atoms with Crippen LogP contribution in [0.15, 0.2) is 36.7 Å². The highest BCUT2D eigenvalue weighted by Gasteiger charge is 2.26. The second kappa shape index (κ2) is 12.4. The van der Waals surface area contributed by atoms with Crippen LogP contribution in [0.2, 0.25) is 5.02 Å². The molecular weight excluding hydrogens is 524 g/mol. The van der Waals surface area contributed by atoms with Crippen LogP contribution in [0.1, 0.15) is 46.7 Å². The lowest BCUT2D eigenvalue weighted by Crippen LogP contribution is -2.20. The zero-order chi connectivity index (χ0) is 28.1. The van der Waals surface area contributed by atoms with E-state index in [1.807, 2.05) is 33.0 Å². The summed E-state index contributed by atoms with van der Waals surface area (Å²) in [5, 5.41) is 13.0. The number of carbonyl (C=O) groups is 2. The van der Waals surface area contributed by atoms with Gasteiger partial charge in [-0.3, -0.25) is 9.59 Å². The minimum Gasteiger partial charge on any atom is -0.480 e. The fraction of sp³-hybridized carbons (Fsp3) is 0.370. The number of benzene rings is 1. The minimum atomic E-state index is -0.518. The van der Waals surface area contributed by atoms with Crippen molar-refractivity contribution in [2.45, 2.75) is 33.9 Å². The van der Waals surface area contributed by atoms with Gasteiger partial charge in [0.15, 0.2) is 11.6 Å². The maximum Gasteiger partial charge on any atom is 0.274 e. The fourth-order valence-corrected chi connectivity index (χ4v) is 4.32. The molecule has 0 saturated carbocycles. The number of hydrogen-bond donors (Lipinski definition) is 1. The summed E-state index contributed by atoms with van der Waals surface area (Å²) in [6.45, 7) is 6.82. The molecule has 0 atom stereocenters. The lowest BCUT2D eigenvalue weighted by Gasteiger charge is -2.15. The molecule has 0 radical (unpaired) electrons. The second-order valence-corrected chi connectivity index (χ2v) is 9.76. The van der Waals surface area contributed by atoms with Crippen LogP contribution in [-0.4, -0.2) is 63.7 Å². The van der Waals surface area contributed by atoms with Crippen LogP contribution in [0.3, 0.4) is 0 Å². The summed E-state index contributed by atoms with van der Waals surface area (Å²) in [4.78, 5) is 31.5. The molecule has 11 nitrogen and oxygen atoms in total. The number of pyridine rings is 1. The first-order chi connectivity index (χ1) is 18.7. The monoisotopic (exact) mass is 554 g/mol. The highest BCUT2D eigenvalue weighted by Crippen LogP contribution is 2.32. The summed E-state index contributed by atoms with van der Waals surface area (Å²) in [5.74, 6) is -0.0668. The Hall–Kier alpha value is -3.80. The molecule has 3 heterocycles. The van der Waals surface area contributed by atoms with E-state index >= 15 is 0 Å². The van der Waals surface area contributed by atoms with Gasteiger partial charge < -0.3 is 19.5 Å². The van der Waals surface area contributed by atoms with Crippen LogP contribution < -0.4 is 10.1 Å². The molecule has 4 aromatic rings. The van der Waals surface area contributed by atoms with E-state index in [1.54, 1.807) is 30.1 Å². The van der Waals surface area contributed by atoms with Gasteiger partial charge in [-0.1, -0.05) is 25.4 Å². The summed E-state index contributed by atoms with van der Waals surface area (Å²) in [5.41, 5.74) is 2.04. The normalized spacial score (nSPS) is 11.4. The molecule has 0 unspecified atom stereocenters. The average Bonchev–Trinajstić information content (AvgIpc) is 3.50. The van der Waals surface area contributed by atoms with Crippen molar-refractivity contribution in [2.75, 3.05) is 32.8 Å². The first-order valence-electron chi connectivity index (χ1n) is 12.4. The zero-order valence-electron chi connectivity index (χ0n) is 22.5. The summed E-state index contributed by atoms with van der Waals surface area (Å²) in [6.07, 6.45) is 3.65. The zero-order valence-corrected chi connectivity index (χ0v) is 23.3. The van der Waals surface area contributed by atoms with E-state index in [0.29, 0.717) is 40.6 Å². The molecule has 1 N–H and O–H groups in total. The van der Waals surface area contributed by atoms with Gasteiger partial charge in [0.05, 0.1) is 36.6 Å². The van der Waals surface area contributed by atoms with E-state index in [1.165, 1.54) is 17.9 Å². The Balaban J connectivity index is 1.77. The molecule has 1 amide bonds. The van der Waals surface area contributed by atoms with Gasteiger partial charge in [0.1, 0.15) is 17.9 Å². The molecule has 0 aliphatic heterocycles. The third kappa shape index (κ3) is 6.27. The molecule has 0 spiro atoms. The maximum absolute atomic E-state index is 13.7. The van der Waals surface area contributed by atoms with E-state index in [9.17, 15) is 9.59 Å². The first kappa shape index (κ1) is 28.2. The van der Waals surface area contributed by atoms with E-state index in [4.69, 9.17) is 25.8 Å². The maximum atomic E-state index is 13.7. The second-order valence-electron chi connectivity index (χ2n) is 9.35. The van der Waals surface area contributed by atoms with Crippen molar-refractivity contribution in [3.8, 4) is 11.7 Å². The Morgan fingerprint density at radius 1 is 1.15 bits per heavy atom. The number of ketones is 1. The van der Waals surface area contributed by atoms with Gasteiger partial charge in [0, 0.05) is 37.4 Å². The SMILES string of the molecule is COCCOCn1cc2cc(C)c(NC(=O)c3cc(OC)nn3-c3ncccc3Cl)c(C(=O)CC(C)C)c2n1. The van der Waals surface area contributed by atoms with Crippen molar-refractivity contribution in [1.82, 2.24) is 24.5 Å². The standard InChI is InChI=1S/C27H31ClN6O5/c1-16(2)11-21(35)23-24(17(3)12-18-14-33(32-25(18)23)15-39-10-9-37-4)30-27(36)20-13-22(38-5)31-34(20)26-19(28)7-6-8-29-26/h6-8,12-14,16H,9-11,15H2,1-5H3,(H,30,36). The van der Waals surface area contributed by atoms with Gasteiger partial charge in [0.25, 0.3) is 5.91 Å². The lowest BCUT2D eigenvalue weighted by atomic mass is 9.95. The molecule has 206 valence electrons. The summed E-state index contributed by atoms with van der Waals surface area (Å²) in [7, 11) is 3.05. The number of Topliss-reactive ketones (excluding diaryl/α,β-unsaturated/α-hetero) is 1. The molecule has 0 bridgehead atoms. The van der Waals surface area contributed by atoms with Crippen LogP contribution in [0.5, 0.6) is 5.88 Å². The number of anilines is 1. The summed E-state index contributed by atoms with van der Waals surface area (Å²) < 4.78 is 18.8. The van der Waals surface area contributed by atoms with Gasteiger partial charge in [-0.25, -0.2) is 14.3 Å². The van der Waals surface area contributed by atoms with Gasteiger partial charge in [0.2, 0.25) is 5.88 Å². The van der Waals surface area contributed by atoms with Crippen molar-refractivity contribution in [3.63, 3.8) is 0 Å². The van der Waals surface area contributed by atoms with Crippen LogP contribution in [0, 0.1) is 12.8 Å². The topological polar surface area (TPSA) is 122 Å². The number of halogens is 1. The van der Waals surface area contributed by atoms with Crippen molar-refractivity contribution in [2.24, 2.45) is 5.92 Å². The number of aryl methyl sites for hydroxylation is 1. The Kier molecular flexibility index (Phi) is 8.95. The first-order valence-corrected chi connectivity index (χ1v) is 12.8. The largest absolute Gasteiger partial charge is 0.480 e. The van der Waals surface area contributed by atoms with Gasteiger partial charge in [-0.05, 0) is 36.6 Å². The molecular formula is C27H31ClN6O5. The highest BCUT2D eigenvalue weighted by molar-refractivity contribution is 6.32. The molecule has 1 aromatic carbocycles. The van der Waals surface area contributed by atoms with Crippen molar-refractivity contribution >= 4 is 39.9 Å². The van der Waals surface area contributed by atoms with E-state index in [0.717, 1.165) is 5.39 Å². The van der Waals surface area contributed by atoms with Gasteiger partial charge in [-0.2, -0.15) is 5.10 Å². The number of fused-ring (bicyclic) bond motifs is 1.